The average Bonchev–Trinajstić information content (AvgIpc) is 2.86. The van der Waals surface area contributed by atoms with Gasteiger partial charge in [-0.3, -0.25) is 14.5 Å². The molecule has 0 radical (unpaired) electrons. The van der Waals surface area contributed by atoms with E-state index in [2.05, 4.69) is 34.5 Å². The summed E-state index contributed by atoms with van der Waals surface area (Å²) in [6.45, 7) is 6.14. The number of benzene rings is 2. The summed E-state index contributed by atoms with van der Waals surface area (Å²) >= 11 is 0. The number of rotatable bonds is 7. The van der Waals surface area contributed by atoms with Crippen molar-refractivity contribution in [2.45, 2.75) is 31.8 Å². The van der Waals surface area contributed by atoms with Gasteiger partial charge in [0.05, 0.1) is 0 Å². The van der Waals surface area contributed by atoms with Crippen molar-refractivity contribution >= 4 is 11.8 Å². The first kappa shape index (κ1) is 23.4. The molecule has 2 aromatic carbocycles. The van der Waals surface area contributed by atoms with Crippen LogP contribution in [-0.2, 0) is 11.3 Å². The minimum Gasteiger partial charge on any atom is -0.340 e. The van der Waals surface area contributed by atoms with E-state index in [-0.39, 0.29) is 23.7 Å². The van der Waals surface area contributed by atoms with Crippen LogP contribution in [0.15, 0.2) is 54.6 Å². The summed E-state index contributed by atoms with van der Waals surface area (Å²) in [4.78, 5) is 32.3. The van der Waals surface area contributed by atoms with Crippen molar-refractivity contribution in [3.63, 3.8) is 0 Å². The Balaban J connectivity index is 1.40. The maximum absolute atomic E-state index is 13.4. The first-order valence-corrected chi connectivity index (χ1v) is 11.9. The van der Waals surface area contributed by atoms with Crippen LogP contribution in [0.4, 0.5) is 4.39 Å². The van der Waals surface area contributed by atoms with Crippen LogP contribution >= 0.6 is 0 Å². The minimum atomic E-state index is -0.360. The molecule has 2 saturated heterocycles. The summed E-state index contributed by atoms with van der Waals surface area (Å²) in [6.07, 6.45) is 2.04. The van der Waals surface area contributed by atoms with Crippen molar-refractivity contribution in [1.82, 2.24) is 20.0 Å². The zero-order chi connectivity index (χ0) is 23.0. The van der Waals surface area contributed by atoms with E-state index in [9.17, 15) is 14.0 Å². The Kier molecular flexibility index (Phi) is 8.07. The molecule has 0 aliphatic carbocycles. The summed E-state index contributed by atoms with van der Waals surface area (Å²) in [7, 11) is 0. The highest BCUT2D eigenvalue weighted by Gasteiger charge is 2.29. The Hall–Kier alpha value is -2.77. The van der Waals surface area contributed by atoms with Crippen LogP contribution in [0.5, 0.6) is 0 Å². The summed E-state index contributed by atoms with van der Waals surface area (Å²) in [5.74, 6) is -0.388. The summed E-state index contributed by atoms with van der Waals surface area (Å²) in [5, 5.41) is 3.26. The van der Waals surface area contributed by atoms with E-state index in [1.165, 1.54) is 29.8 Å². The fourth-order valence-corrected chi connectivity index (χ4v) is 4.73. The third-order valence-corrected chi connectivity index (χ3v) is 6.64. The first-order chi connectivity index (χ1) is 16.1. The molecule has 33 heavy (non-hydrogen) atoms. The van der Waals surface area contributed by atoms with Gasteiger partial charge in [0, 0.05) is 70.4 Å². The molecule has 1 N–H and O–H groups in total. The third kappa shape index (κ3) is 6.39. The number of carbonyl (C=O) groups excluding carboxylic acids is 2. The second-order valence-corrected chi connectivity index (χ2v) is 8.88. The number of nitrogens with one attached hydrogen (secondary N) is 1. The standard InChI is InChI=1S/C26H33FN4O2/c27-23-8-6-22(7-9-23)26(33)31(17-12-25(32)30-18-13-28-14-19-30)24-10-15-29(16-11-24)20-21-4-2-1-3-5-21/h1-9,24,28H,10-20H2. The second-order valence-electron chi connectivity index (χ2n) is 8.88. The molecule has 0 atom stereocenters. The lowest BCUT2D eigenvalue weighted by atomic mass is 10.0. The second kappa shape index (κ2) is 11.4. The molecule has 176 valence electrons. The number of halogens is 1. The first-order valence-electron chi connectivity index (χ1n) is 11.9. The maximum atomic E-state index is 13.4. The number of hydrogen-bond donors (Lipinski definition) is 1. The van der Waals surface area contributed by atoms with Gasteiger partial charge >= 0.3 is 0 Å². The van der Waals surface area contributed by atoms with Crippen molar-refractivity contribution in [2.24, 2.45) is 0 Å². The van der Waals surface area contributed by atoms with Gasteiger partial charge in [0.25, 0.3) is 5.91 Å². The van der Waals surface area contributed by atoms with Crippen LogP contribution < -0.4 is 5.32 Å². The van der Waals surface area contributed by atoms with Crippen LogP contribution in [-0.4, -0.2) is 78.4 Å². The number of hydrogen-bond acceptors (Lipinski definition) is 4. The fourth-order valence-electron chi connectivity index (χ4n) is 4.73. The number of piperazine rings is 1. The molecule has 2 aromatic rings. The van der Waals surface area contributed by atoms with E-state index in [1.54, 1.807) is 0 Å². The van der Waals surface area contributed by atoms with E-state index >= 15 is 0 Å². The lowest BCUT2D eigenvalue weighted by Gasteiger charge is -2.39. The van der Waals surface area contributed by atoms with Gasteiger partial charge in [-0.15, -0.1) is 0 Å². The van der Waals surface area contributed by atoms with Gasteiger partial charge in [-0.25, -0.2) is 4.39 Å². The Morgan fingerprint density at radius 1 is 0.939 bits per heavy atom. The number of nitrogens with zero attached hydrogens (tertiary/aromatic N) is 3. The molecular weight excluding hydrogens is 419 g/mol. The molecule has 2 aliphatic heterocycles. The lowest BCUT2D eigenvalue weighted by molar-refractivity contribution is -0.132. The molecule has 0 aromatic heterocycles. The normalized spacial score (nSPS) is 17.7. The minimum absolute atomic E-state index is 0.0744. The molecule has 4 rings (SSSR count). The quantitative estimate of drug-likeness (QED) is 0.702. The Labute approximate surface area is 195 Å². The maximum Gasteiger partial charge on any atom is 0.254 e. The summed E-state index contributed by atoms with van der Waals surface area (Å²) in [5.41, 5.74) is 1.76. The Morgan fingerprint density at radius 2 is 1.61 bits per heavy atom. The van der Waals surface area contributed by atoms with E-state index in [0.717, 1.165) is 45.6 Å². The topological polar surface area (TPSA) is 55.9 Å². The Bertz CT molecular complexity index is 908. The van der Waals surface area contributed by atoms with Gasteiger partial charge < -0.3 is 15.1 Å². The summed E-state index contributed by atoms with van der Waals surface area (Å²) < 4.78 is 13.4. The number of carbonyl (C=O) groups is 2. The van der Waals surface area contributed by atoms with Crippen molar-refractivity contribution in [2.75, 3.05) is 45.8 Å². The molecule has 6 nitrogen and oxygen atoms in total. The highest BCUT2D eigenvalue weighted by molar-refractivity contribution is 5.94. The van der Waals surface area contributed by atoms with Crippen molar-refractivity contribution in [3.05, 3.63) is 71.5 Å². The van der Waals surface area contributed by atoms with Gasteiger partial charge in [0.15, 0.2) is 0 Å². The molecule has 0 spiro atoms. The number of likely N-dealkylation sites (tertiary alicyclic amines) is 1. The average molecular weight is 453 g/mol. The zero-order valence-corrected chi connectivity index (χ0v) is 19.1. The van der Waals surface area contributed by atoms with E-state index in [0.29, 0.717) is 31.6 Å². The smallest absolute Gasteiger partial charge is 0.254 e. The monoisotopic (exact) mass is 452 g/mol. The van der Waals surface area contributed by atoms with Gasteiger partial charge in [-0.1, -0.05) is 30.3 Å². The molecule has 7 heteroatoms. The van der Waals surface area contributed by atoms with Gasteiger partial charge in [0.2, 0.25) is 5.91 Å². The van der Waals surface area contributed by atoms with Crippen LogP contribution in [0.2, 0.25) is 0 Å². The highest BCUT2D eigenvalue weighted by atomic mass is 19.1. The predicted octanol–water partition coefficient (Wildman–Crippen LogP) is 2.75. The zero-order valence-electron chi connectivity index (χ0n) is 19.1. The van der Waals surface area contributed by atoms with Crippen LogP contribution in [0.3, 0.4) is 0 Å². The molecule has 2 amide bonds. The number of amides is 2. The molecule has 0 saturated carbocycles. The SMILES string of the molecule is O=C(CCN(C(=O)c1ccc(F)cc1)C1CCN(Cc2ccccc2)CC1)N1CCNCC1. The van der Waals surface area contributed by atoms with E-state index in [1.807, 2.05) is 15.9 Å². The van der Waals surface area contributed by atoms with E-state index in [4.69, 9.17) is 0 Å². The van der Waals surface area contributed by atoms with Gasteiger partial charge in [-0.05, 0) is 42.7 Å². The van der Waals surface area contributed by atoms with Crippen LogP contribution in [0.25, 0.3) is 0 Å². The molecule has 2 heterocycles. The van der Waals surface area contributed by atoms with Crippen LogP contribution in [0.1, 0.15) is 35.2 Å². The van der Waals surface area contributed by atoms with Gasteiger partial charge in [0.1, 0.15) is 5.82 Å². The molecule has 2 fully saturated rings. The Morgan fingerprint density at radius 3 is 2.27 bits per heavy atom. The van der Waals surface area contributed by atoms with Crippen molar-refractivity contribution in [1.29, 1.82) is 0 Å². The van der Waals surface area contributed by atoms with Crippen molar-refractivity contribution < 1.29 is 14.0 Å². The predicted molar refractivity (Wildman–Crippen MR) is 126 cm³/mol. The number of piperidine rings is 1. The molecule has 0 bridgehead atoms. The molecule has 0 unspecified atom stereocenters. The molecular formula is C26H33FN4O2. The highest BCUT2D eigenvalue weighted by Crippen LogP contribution is 2.21. The largest absolute Gasteiger partial charge is 0.340 e. The van der Waals surface area contributed by atoms with Gasteiger partial charge in [-0.2, -0.15) is 0 Å². The summed E-state index contributed by atoms with van der Waals surface area (Å²) in [6, 6.07) is 16.2. The fraction of sp³-hybridized carbons (Fsp3) is 0.462. The van der Waals surface area contributed by atoms with Crippen LogP contribution in [0, 0.1) is 5.82 Å². The third-order valence-electron chi connectivity index (χ3n) is 6.64. The van der Waals surface area contributed by atoms with E-state index < -0.39 is 0 Å². The lowest BCUT2D eigenvalue weighted by Crippen LogP contribution is -2.50. The molecule has 2 aliphatic rings. The van der Waals surface area contributed by atoms with Crippen molar-refractivity contribution in [3.8, 4) is 0 Å².